The van der Waals surface area contributed by atoms with Crippen LogP contribution < -0.4 is 14.8 Å². The van der Waals surface area contributed by atoms with Gasteiger partial charge in [-0.15, -0.1) is 0 Å². The average molecular weight is 647 g/mol. The van der Waals surface area contributed by atoms with Crippen LogP contribution in [-0.2, 0) is 16.2 Å². The van der Waals surface area contributed by atoms with Gasteiger partial charge in [0.25, 0.3) is 16.8 Å². The minimum Gasteiger partial charge on any atom is -0.490 e. The van der Waals surface area contributed by atoms with E-state index in [0.717, 1.165) is 22.2 Å². The van der Waals surface area contributed by atoms with Crippen LogP contribution in [0.25, 0.3) is 6.08 Å². The number of hydrogen-bond acceptors (Lipinski definition) is 8. The van der Waals surface area contributed by atoms with Crippen molar-refractivity contribution in [3.63, 3.8) is 0 Å². The number of nitrogens with zero attached hydrogens (tertiary/aromatic N) is 2. The summed E-state index contributed by atoms with van der Waals surface area (Å²) >= 11 is 10.3. The van der Waals surface area contributed by atoms with Gasteiger partial charge in [0.2, 0.25) is 5.91 Å². The van der Waals surface area contributed by atoms with Crippen LogP contribution >= 0.6 is 39.3 Å². The maximum Gasteiger partial charge on any atom is 0.294 e. The summed E-state index contributed by atoms with van der Waals surface area (Å²) in [5.41, 5.74) is 1.64. The minimum atomic E-state index is -0.600. The van der Waals surface area contributed by atoms with Crippen LogP contribution in [0.3, 0.4) is 0 Å². The molecule has 4 rings (SSSR count). The van der Waals surface area contributed by atoms with Gasteiger partial charge in [-0.25, -0.2) is 0 Å². The van der Waals surface area contributed by atoms with Crippen molar-refractivity contribution in [3.05, 3.63) is 96.3 Å². The Balaban J connectivity index is 1.48. The van der Waals surface area contributed by atoms with Gasteiger partial charge >= 0.3 is 0 Å². The van der Waals surface area contributed by atoms with Gasteiger partial charge in [0, 0.05) is 12.1 Å². The molecule has 3 amide bonds. The lowest BCUT2D eigenvalue weighted by atomic mass is 10.1. The topological polar surface area (TPSA) is 128 Å². The van der Waals surface area contributed by atoms with Crippen molar-refractivity contribution in [2.24, 2.45) is 0 Å². The number of carbonyl (C=O) groups is 3. The van der Waals surface area contributed by atoms with Crippen molar-refractivity contribution in [2.45, 2.75) is 13.5 Å². The van der Waals surface area contributed by atoms with Crippen LogP contribution in [-0.4, -0.2) is 40.0 Å². The third-order valence-corrected chi connectivity index (χ3v) is 7.31. The summed E-state index contributed by atoms with van der Waals surface area (Å²) in [5.74, 6) is -0.366. The number of halogens is 2. The molecule has 0 spiro atoms. The molecule has 0 bridgehead atoms. The number of ether oxygens (including phenoxy) is 2. The summed E-state index contributed by atoms with van der Waals surface area (Å²) < 4.78 is 12.2. The fourth-order valence-corrected chi connectivity index (χ4v) is 5.22. The fourth-order valence-electron chi connectivity index (χ4n) is 3.63. The zero-order chi connectivity index (χ0) is 28.8. The Morgan fingerprint density at radius 2 is 1.88 bits per heavy atom. The molecule has 1 fully saturated rings. The van der Waals surface area contributed by atoms with Crippen molar-refractivity contribution < 1.29 is 28.8 Å². The van der Waals surface area contributed by atoms with E-state index in [4.69, 9.17) is 21.1 Å². The summed E-state index contributed by atoms with van der Waals surface area (Å²) in [7, 11) is 0. The molecule has 0 radical (unpaired) electrons. The molecule has 0 saturated carbocycles. The molecule has 0 atom stereocenters. The third kappa shape index (κ3) is 7.00. The highest BCUT2D eigenvalue weighted by molar-refractivity contribution is 9.10. The molecule has 13 heteroatoms. The molecule has 3 aromatic rings. The number of thioether (sulfide) groups is 1. The van der Waals surface area contributed by atoms with Gasteiger partial charge in [0.15, 0.2) is 11.5 Å². The Labute approximate surface area is 246 Å². The second kappa shape index (κ2) is 13.0. The van der Waals surface area contributed by atoms with Gasteiger partial charge in [-0.3, -0.25) is 29.4 Å². The predicted molar refractivity (Wildman–Crippen MR) is 155 cm³/mol. The van der Waals surface area contributed by atoms with Gasteiger partial charge < -0.3 is 14.8 Å². The summed E-state index contributed by atoms with van der Waals surface area (Å²) in [6.45, 7) is 1.81. The molecule has 40 heavy (non-hydrogen) atoms. The highest BCUT2D eigenvalue weighted by Crippen LogP contribution is 2.40. The number of carbonyl (C=O) groups excluding carboxylic acids is 3. The number of non-ortho nitro benzene ring substituents is 1. The van der Waals surface area contributed by atoms with Crippen molar-refractivity contribution in [2.75, 3.05) is 18.5 Å². The highest BCUT2D eigenvalue weighted by Gasteiger charge is 2.36. The number of nitro groups is 1. The second-order valence-corrected chi connectivity index (χ2v) is 10.5. The van der Waals surface area contributed by atoms with E-state index < -0.39 is 28.5 Å². The normalized spacial score (nSPS) is 14.0. The standard InChI is InChI=1S/C27H21BrClN3O7S/c1-2-38-22-12-17(11-19(28)25(22)39-15-16-7-9-18(10-8-16)32(36)37)13-23-26(34)31(27(35)40-23)14-24(33)30-21-6-4-3-5-20(21)29/h3-13H,2,14-15H2,1H3,(H,30,33)/b23-13+. The number of para-hydroxylation sites is 1. The van der Waals surface area contributed by atoms with Gasteiger partial charge in [-0.1, -0.05) is 23.7 Å². The largest absolute Gasteiger partial charge is 0.490 e. The molecule has 1 N–H and O–H groups in total. The van der Waals surface area contributed by atoms with Crippen LogP contribution in [0.2, 0.25) is 5.02 Å². The minimum absolute atomic E-state index is 0.0186. The van der Waals surface area contributed by atoms with Crippen molar-refractivity contribution in [3.8, 4) is 11.5 Å². The summed E-state index contributed by atoms with van der Waals surface area (Å²) in [5, 5.41) is 13.2. The van der Waals surface area contributed by atoms with Gasteiger partial charge in [0.1, 0.15) is 13.2 Å². The number of rotatable bonds is 10. The molecular weight excluding hydrogens is 626 g/mol. The quantitative estimate of drug-likeness (QED) is 0.147. The first-order valence-electron chi connectivity index (χ1n) is 11.8. The van der Waals surface area contributed by atoms with E-state index in [1.165, 1.54) is 18.2 Å². The SMILES string of the molecule is CCOc1cc(/C=C2/SC(=O)N(CC(=O)Nc3ccccc3Cl)C2=O)cc(Br)c1OCc1ccc([N+](=O)[O-])cc1. The van der Waals surface area contributed by atoms with E-state index in [1.54, 1.807) is 55.5 Å². The average Bonchev–Trinajstić information content (AvgIpc) is 3.17. The Kier molecular flexibility index (Phi) is 9.46. The fraction of sp³-hybridized carbons (Fsp3) is 0.148. The lowest BCUT2D eigenvalue weighted by Gasteiger charge is -2.15. The van der Waals surface area contributed by atoms with Crippen molar-refractivity contribution >= 4 is 73.8 Å². The van der Waals surface area contributed by atoms with Crippen LogP contribution in [0.5, 0.6) is 11.5 Å². The molecule has 1 aliphatic heterocycles. The molecular formula is C27H21BrClN3O7S. The van der Waals surface area contributed by atoms with E-state index in [1.807, 2.05) is 0 Å². The number of nitro benzene ring substituents is 1. The van der Waals surface area contributed by atoms with Gasteiger partial charge in [-0.2, -0.15) is 0 Å². The number of benzene rings is 3. The van der Waals surface area contributed by atoms with Crippen LogP contribution in [0.4, 0.5) is 16.2 Å². The second-order valence-electron chi connectivity index (χ2n) is 8.27. The third-order valence-electron chi connectivity index (χ3n) is 5.48. The molecule has 1 heterocycles. The number of imide groups is 1. The van der Waals surface area contributed by atoms with E-state index in [-0.39, 0.29) is 17.2 Å². The number of nitrogens with one attached hydrogen (secondary N) is 1. The lowest BCUT2D eigenvalue weighted by molar-refractivity contribution is -0.384. The zero-order valence-corrected chi connectivity index (χ0v) is 24.0. The zero-order valence-electron chi connectivity index (χ0n) is 20.9. The first-order valence-corrected chi connectivity index (χ1v) is 13.8. The summed E-state index contributed by atoms with van der Waals surface area (Å²) in [6, 6.07) is 16.0. The molecule has 0 unspecified atom stereocenters. The molecule has 0 aromatic heterocycles. The van der Waals surface area contributed by atoms with Crippen molar-refractivity contribution in [1.29, 1.82) is 0 Å². The number of anilines is 1. The highest BCUT2D eigenvalue weighted by atomic mass is 79.9. The maximum absolute atomic E-state index is 13.0. The molecule has 3 aromatic carbocycles. The van der Waals surface area contributed by atoms with Crippen LogP contribution in [0.1, 0.15) is 18.1 Å². The van der Waals surface area contributed by atoms with Gasteiger partial charge in [0.05, 0.1) is 31.6 Å². The predicted octanol–water partition coefficient (Wildman–Crippen LogP) is 6.66. The Hall–Kier alpha value is -3.87. The maximum atomic E-state index is 13.0. The van der Waals surface area contributed by atoms with Crippen LogP contribution in [0.15, 0.2) is 70.0 Å². The van der Waals surface area contributed by atoms with Crippen LogP contribution in [0, 0.1) is 10.1 Å². The first kappa shape index (κ1) is 29.1. The lowest BCUT2D eigenvalue weighted by Crippen LogP contribution is -2.36. The Morgan fingerprint density at radius 1 is 1.15 bits per heavy atom. The van der Waals surface area contributed by atoms with E-state index in [9.17, 15) is 24.5 Å². The molecule has 0 aliphatic carbocycles. The Morgan fingerprint density at radius 3 is 2.55 bits per heavy atom. The van der Waals surface area contributed by atoms with E-state index >= 15 is 0 Å². The van der Waals surface area contributed by atoms with E-state index in [0.29, 0.717) is 38.9 Å². The first-order chi connectivity index (χ1) is 19.2. The number of hydrogen-bond donors (Lipinski definition) is 1. The Bertz CT molecular complexity index is 1510. The van der Waals surface area contributed by atoms with Gasteiger partial charge in [-0.05, 0) is 88.2 Å². The smallest absolute Gasteiger partial charge is 0.294 e. The summed E-state index contributed by atoms with van der Waals surface area (Å²) in [6.07, 6.45) is 1.53. The monoisotopic (exact) mass is 645 g/mol. The molecule has 1 saturated heterocycles. The van der Waals surface area contributed by atoms with Crippen molar-refractivity contribution in [1.82, 2.24) is 4.90 Å². The molecule has 10 nitrogen and oxygen atoms in total. The molecule has 1 aliphatic rings. The summed E-state index contributed by atoms with van der Waals surface area (Å²) in [4.78, 5) is 49.4. The number of amides is 3. The molecule has 206 valence electrons. The van der Waals surface area contributed by atoms with E-state index in [2.05, 4.69) is 21.2 Å².